The molecule has 1 aromatic rings. The quantitative estimate of drug-likeness (QED) is 0.826. The van der Waals surface area contributed by atoms with E-state index in [0.717, 1.165) is 25.7 Å². The van der Waals surface area contributed by atoms with E-state index in [1.165, 1.54) is 12.3 Å². The molecule has 116 valence electrons. The van der Waals surface area contributed by atoms with Crippen LogP contribution in [0, 0.1) is 5.41 Å². The number of hydrogen-bond acceptors (Lipinski definition) is 4. The Morgan fingerprint density at radius 1 is 1.43 bits per heavy atom. The van der Waals surface area contributed by atoms with E-state index in [2.05, 4.69) is 23.6 Å². The Labute approximate surface area is 131 Å². The maximum absolute atomic E-state index is 12.5. The normalized spacial score (nSPS) is 19.3. The number of nitrogens with two attached hydrogens (primary N) is 1. The molecule has 1 saturated carbocycles. The van der Waals surface area contributed by atoms with Crippen molar-refractivity contribution in [2.24, 2.45) is 11.1 Å². The van der Waals surface area contributed by atoms with Crippen LogP contribution in [0.25, 0.3) is 0 Å². The number of pyridine rings is 1. The van der Waals surface area contributed by atoms with Crippen LogP contribution in [0.3, 0.4) is 0 Å². The van der Waals surface area contributed by atoms with Gasteiger partial charge in [-0.1, -0.05) is 26.1 Å². The molecule has 1 fully saturated rings. The number of nitrogens with one attached hydrogen (secondary N) is 1. The van der Waals surface area contributed by atoms with Crippen LogP contribution in [0.2, 0.25) is 0 Å². The largest absolute Gasteiger partial charge is 0.388 e. The van der Waals surface area contributed by atoms with Gasteiger partial charge in [0.1, 0.15) is 15.6 Å². The molecule has 5 nitrogen and oxygen atoms in total. The second-order valence-corrected chi connectivity index (χ2v) is 8.40. The summed E-state index contributed by atoms with van der Waals surface area (Å²) in [6, 6.07) is 3.01. The second-order valence-electron chi connectivity index (χ2n) is 6.27. The molecule has 0 amide bonds. The van der Waals surface area contributed by atoms with Crippen LogP contribution in [-0.2, 0) is 10.0 Å². The lowest BCUT2D eigenvalue weighted by Gasteiger charge is -2.34. The summed E-state index contributed by atoms with van der Waals surface area (Å²) in [5, 5.41) is 0. The number of sulfonamides is 1. The van der Waals surface area contributed by atoms with Gasteiger partial charge in [0.05, 0.1) is 0 Å². The van der Waals surface area contributed by atoms with Crippen LogP contribution >= 0.6 is 12.2 Å². The van der Waals surface area contributed by atoms with Gasteiger partial charge in [0.15, 0.2) is 0 Å². The van der Waals surface area contributed by atoms with Gasteiger partial charge in [-0.2, -0.15) is 0 Å². The Balaban J connectivity index is 2.18. The van der Waals surface area contributed by atoms with Crippen LogP contribution in [0.15, 0.2) is 23.2 Å². The van der Waals surface area contributed by atoms with Gasteiger partial charge in [-0.25, -0.2) is 13.1 Å². The molecular formula is C14H21N3O2S2. The monoisotopic (exact) mass is 327 g/mol. The lowest BCUT2D eigenvalue weighted by molar-refractivity contribution is 0.218. The molecule has 0 saturated heterocycles. The zero-order valence-electron chi connectivity index (χ0n) is 12.3. The van der Waals surface area contributed by atoms with Gasteiger partial charge in [-0.3, -0.25) is 4.98 Å². The van der Waals surface area contributed by atoms with Crippen LogP contribution in [0.4, 0.5) is 0 Å². The van der Waals surface area contributed by atoms with E-state index in [4.69, 9.17) is 18.0 Å². The fraction of sp³-hybridized carbons (Fsp3) is 0.571. The fourth-order valence-electron chi connectivity index (χ4n) is 2.59. The SMILES string of the molecule is CC1(C)CCC(NS(=O)(=O)c2cccnc2C(N)=S)CC1. The van der Waals surface area contributed by atoms with Crippen LogP contribution < -0.4 is 10.5 Å². The molecule has 1 aromatic heterocycles. The number of thiocarbonyl (C=S) groups is 1. The van der Waals surface area contributed by atoms with Crippen molar-refractivity contribution >= 4 is 27.2 Å². The van der Waals surface area contributed by atoms with Gasteiger partial charge in [-0.05, 0) is 43.2 Å². The first-order chi connectivity index (χ1) is 9.71. The lowest BCUT2D eigenvalue weighted by Crippen LogP contribution is -2.39. The summed E-state index contributed by atoms with van der Waals surface area (Å²) in [6.45, 7) is 4.42. The molecule has 21 heavy (non-hydrogen) atoms. The Bertz CT molecular complexity index is 631. The standard InChI is InChI=1S/C14H21N3O2S2/c1-14(2)7-5-10(6-8-14)17-21(18,19)11-4-3-9-16-12(11)13(15)20/h3-4,9-10,17H,5-8H2,1-2H3,(H2,15,20). The molecular weight excluding hydrogens is 306 g/mol. The maximum atomic E-state index is 12.5. The van der Waals surface area contributed by atoms with Crippen LogP contribution in [0.1, 0.15) is 45.2 Å². The summed E-state index contributed by atoms with van der Waals surface area (Å²) in [4.78, 5) is 4.02. The van der Waals surface area contributed by atoms with Crippen molar-refractivity contribution in [2.75, 3.05) is 0 Å². The highest BCUT2D eigenvalue weighted by Gasteiger charge is 2.30. The molecule has 0 aromatic carbocycles. The molecule has 0 spiro atoms. The summed E-state index contributed by atoms with van der Waals surface area (Å²) in [6.07, 6.45) is 5.19. The Morgan fingerprint density at radius 3 is 2.62 bits per heavy atom. The number of rotatable bonds is 4. The molecule has 0 aliphatic heterocycles. The van der Waals surface area contributed by atoms with Crippen LogP contribution in [-0.4, -0.2) is 24.4 Å². The minimum absolute atomic E-state index is 0.0132. The highest BCUT2D eigenvalue weighted by molar-refractivity contribution is 7.89. The summed E-state index contributed by atoms with van der Waals surface area (Å²) >= 11 is 4.88. The van der Waals surface area contributed by atoms with Crippen molar-refractivity contribution < 1.29 is 8.42 Å². The van der Waals surface area contributed by atoms with E-state index in [0.29, 0.717) is 5.41 Å². The molecule has 1 heterocycles. The number of hydrogen-bond donors (Lipinski definition) is 2. The number of aromatic nitrogens is 1. The van der Waals surface area contributed by atoms with E-state index < -0.39 is 10.0 Å². The van der Waals surface area contributed by atoms with E-state index in [-0.39, 0.29) is 21.6 Å². The van der Waals surface area contributed by atoms with E-state index in [9.17, 15) is 8.42 Å². The third-order valence-electron chi connectivity index (χ3n) is 3.95. The Hall–Kier alpha value is -1.05. The van der Waals surface area contributed by atoms with Crippen molar-refractivity contribution in [3.8, 4) is 0 Å². The summed E-state index contributed by atoms with van der Waals surface area (Å²) in [7, 11) is -3.65. The predicted octanol–water partition coefficient (Wildman–Crippen LogP) is 1.96. The third kappa shape index (κ3) is 3.99. The molecule has 1 aliphatic rings. The zero-order chi connectivity index (χ0) is 15.7. The van der Waals surface area contributed by atoms with Gasteiger partial charge in [0.25, 0.3) is 0 Å². The molecule has 0 atom stereocenters. The summed E-state index contributed by atoms with van der Waals surface area (Å²) in [5.74, 6) is 0. The minimum atomic E-state index is -3.65. The van der Waals surface area contributed by atoms with Gasteiger partial charge >= 0.3 is 0 Å². The van der Waals surface area contributed by atoms with Gasteiger partial charge in [0.2, 0.25) is 10.0 Å². The highest BCUT2D eigenvalue weighted by atomic mass is 32.2. The van der Waals surface area contributed by atoms with E-state index in [1.54, 1.807) is 6.07 Å². The Morgan fingerprint density at radius 2 is 2.05 bits per heavy atom. The first-order valence-electron chi connectivity index (χ1n) is 6.98. The average molecular weight is 327 g/mol. The first kappa shape index (κ1) is 16.3. The topological polar surface area (TPSA) is 85.1 Å². The molecule has 2 rings (SSSR count). The molecule has 7 heteroatoms. The summed E-state index contributed by atoms with van der Waals surface area (Å²) in [5.41, 5.74) is 6.00. The van der Waals surface area contributed by atoms with Crippen molar-refractivity contribution in [3.05, 3.63) is 24.0 Å². The average Bonchev–Trinajstić information content (AvgIpc) is 2.41. The second kappa shape index (κ2) is 5.98. The molecule has 0 unspecified atom stereocenters. The van der Waals surface area contributed by atoms with Crippen molar-refractivity contribution in [1.82, 2.24) is 9.71 Å². The molecule has 1 aliphatic carbocycles. The molecule has 3 N–H and O–H groups in total. The van der Waals surface area contributed by atoms with Crippen LogP contribution in [0.5, 0.6) is 0 Å². The van der Waals surface area contributed by atoms with Gasteiger partial charge in [-0.15, -0.1) is 0 Å². The van der Waals surface area contributed by atoms with Gasteiger partial charge in [0, 0.05) is 12.2 Å². The smallest absolute Gasteiger partial charge is 0.243 e. The molecule has 0 bridgehead atoms. The minimum Gasteiger partial charge on any atom is -0.388 e. The first-order valence-corrected chi connectivity index (χ1v) is 8.88. The van der Waals surface area contributed by atoms with Crippen molar-refractivity contribution in [2.45, 2.75) is 50.5 Å². The zero-order valence-corrected chi connectivity index (χ0v) is 13.9. The fourth-order valence-corrected chi connectivity index (χ4v) is 4.30. The lowest BCUT2D eigenvalue weighted by atomic mass is 9.76. The maximum Gasteiger partial charge on any atom is 0.243 e. The van der Waals surface area contributed by atoms with Crippen molar-refractivity contribution in [1.29, 1.82) is 0 Å². The van der Waals surface area contributed by atoms with E-state index >= 15 is 0 Å². The Kier molecular flexibility index (Phi) is 4.65. The highest BCUT2D eigenvalue weighted by Crippen LogP contribution is 2.35. The van der Waals surface area contributed by atoms with E-state index in [1.807, 2.05) is 0 Å². The van der Waals surface area contributed by atoms with Gasteiger partial charge < -0.3 is 5.73 Å². The number of nitrogens with zero attached hydrogens (tertiary/aromatic N) is 1. The predicted molar refractivity (Wildman–Crippen MR) is 86.5 cm³/mol. The third-order valence-corrected chi connectivity index (χ3v) is 5.70. The summed E-state index contributed by atoms with van der Waals surface area (Å²) < 4.78 is 27.8. The molecule has 0 radical (unpaired) electrons. The van der Waals surface area contributed by atoms with Crippen molar-refractivity contribution in [3.63, 3.8) is 0 Å².